The first kappa shape index (κ1) is 18.3. The van der Waals surface area contributed by atoms with Crippen LogP contribution in [0.2, 0.25) is 10.0 Å². The second-order valence-electron chi connectivity index (χ2n) is 6.90. The fraction of sp³-hybridized carbons (Fsp3) is 0.300. The lowest BCUT2D eigenvalue weighted by Gasteiger charge is -2.31. The molecule has 0 unspecified atom stereocenters. The highest BCUT2D eigenvalue weighted by Crippen LogP contribution is 2.30. The topological polar surface area (TPSA) is 54.2 Å². The summed E-state index contributed by atoms with van der Waals surface area (Å²) in [7, 11) is 0. The van der Waals surface area contributed by atoms with E-state index in [2.05, 4.69) is 21.3 Å². The van der Waals surface area contributed by atoms with Gasteiger partial charge >= 0.3 is 0 Å². The summed E-state index contributed by atoms with van der Waals surface area (Å²) in [5, 5.41) is 19.2. The van der Waals surface area contributed by atoms with E-state index in [-0.39, 0.29) is 0 Å². The molecule has 1 saturated heterocycles. The van der Waals surface area contributed by atoms with E-state index in [1.807, 2.05) is 24.4 Å². The third-order valence-electron chi connectivity index (χ3n) is 5.02. The summed E-state index contributed by atoms with van der Waals surface area (Å²) in [5.41, 5.74) is 2.99. The van der Waals surface area contributed by atoms with Crippen molar-refractivity contribution in [2.75, 3.05) is 13.1 Å². The summed E-state index contributed by atoms with van der Waals surface area (Å²) in [6, 6.07) is 13.0. The number of halogens is 2. The largest absolute Gasteiger partial charge is 0.508 e. The van der Waals surface area contributed by atoms with Crippen molar-refractivity contribution in [3.05, 3.63) is 70.0 Å². The van der Waals surface area contributed by atoms with Crippen molar-refractivity contribution in [3.63, 3.8) is 0 Å². The number of aromatic nitrogens is 3. The van der Waals surface area contributed by atoms with E-state index in [9.17, 15) is 5.11 Å². The van der Waals surface area contributed by atoms with Crippen LogP contribution in [0.25, 0.3) is 5.69 Å². The Morgan fingerprint density at radius 1 is 1.04 bits per heavy atom. The first-order chi connectivity index (χ1) is 13.1. The highest BCUT2D eigenvalue weighted by Gasteiger charge is 2.21. The maximum atomic E-state index is 9.68. The van der Waals surface area contributed by atoms with Gasteiger partial charge in [0.2, 0.25) is 0 Å². The van der Waals surface area contributed by atoms with Gasteiger partial charge in [-0.15, -0.1) is 5.10 Å². The van der Waals surface area contributed by atoms with Crippen LogP contribution in [0.4, 0.5) is 0 Å². The van der Waals surface area contributed by atoms with E-state index < -0.39 is 0 Å². The highest BCUT2D eigenvalue weighted by atomic mass is 35.5. The molecule has 1 fully saturated rings. The Morgan fingerprint density at radius 3 is 2.59 bits per heavy atom. The summed E-state index contributed by atoms with van der Waals surface area (Å²) in [5.74, 6) is 0.842. The molecule has 0 radical (unpaired) electrons. The molecule has 7 heteroatoms. The Kier molecular flexibility index (Phi) is 5.34. The molecular formula is C20H20Cl2N4O. The van der Waals surface area contributed by atoms with E-state index >= 15 is 0 Å². The van der Waals surface area contributed by atoms with Crippen molar-refractivity contribution in [3.8, 4) is 11.4 Å². The van der Waals surface area contributed by atoms with Gasteiger partial charge in [-0.2, -0.15) is 0 Å². The molecule has 5 nitrogen and oxygen atoms in total. The standard InChI is InChI=1S/C20H20Cl2N4O/c21-19-5-4-17(11-20(19)22)26-13-16(23-24-26)12-25-8-6-14(7-9-25)15-2-1-3-18(27)10-15/h1-5,10-11,13-14,27H,6-9,12H2. The van der Waals surface area contributed by atoms with E-state index in [0.717, 1.165) is 43.9 Å². The highest BCUT2D eigenvalue weighted by molar-refractivity contribution is 6.42. The van der Waals surface area contributed by atoms with Crippen LogP contribution in [0.15, 0.2) is 48.7 Å². The van der Waals surface area contributed by atoms with Crippen molar-refractivity contribution in [1.29, 1.82) is 0 Å². The Hall–Kier alpha value is -2.08. The quantitative estimate of drug-likeness (QED) is 0.689. The third kappa shape index (κ3) is 4.26. The van der Waals surface area contributed by atoms with Gasteiger partial charge in [0.05, 0.1) is 27.6 Å². The summed E-state index contributed by atoms with van der Waals surface area (Å²) >= 11 is 12.1. The van der Waals surface area contributed by atoms with Gasteiger partial charge in [-0.3, -0.25) is 4.90 Å². The zero-order valence-corrected chi connectivity index (χ0v) is 16.2. The van der Waals surface area contributed by atoms with Gasteiger partial charge in [0.25, 0.3) is 0 Å². The summed E-state index contributed by atoms with van der Waals surface area (Å²) in [4.78, 5) is 2.39. The number of rotatable bonds is 4. The first-order valence-corrected chi connectivity index (χ1v) is 9.72. The number of phenols is 1. The van der Waals surface area contributed by atoms with Gasteiger partial charge in [-0.05, 0) is 67.7 Å². The van der Waals surface area contributed by atoms with Crippen LogP contribution in [0.1, 0.15) is 30.0 Å². The lowest BCUT2D eigenvalue weighted by molar-refractivity contribution is 0.202. The zero-order valence-electron chi connectivity index (χ0n) is 14.7. The maximum Gasteiger partial charge on any atom is 0.115 e. The fourth-order valence-electron chi connectivity index (χ4n) is 3.56. The minimum atomic E-state index is 0.342. The Bertz CT molecular complexity index is 935. The van der Waals surface area contributed by atoms with Crippen molar-refractivity contribution in [2.45, 2.75) is 25.3 Å². The summed E-state index contributed by atoms with van der Waals surface area (Å²) in [6.45, 7) is 2.77. The maximum absolute atomic E-state index is 9.68. The number of hydrogen-bond acceptors (Lipinski definition) is 4. The summed E-state index contributed by atoms with van der Waals surface area (Å²) in [6.07, 6.45) is 4.08. The van der Waals surface area contributed by atoms with Gasteiger partial charge in [-0.1, -0.05) is 40.5 Å². The number of phenolic OH excluding ortho intramolecular Hbond substituents is 1. The number of nitrogens with zero attached hydrogens (tertiary/aromatic N) is 4. The molecule has 0 spiro atoms. The molecule has 140 valence electrons. The van der Waals surface area contributed by atoms with Crippen molar-refractivity contribution < 1.29 is 5.11 Å². The van der Waals surface area contributed by atoms with Crippen LogP contribution in [0.5, 0.6) is 5.75 Å². The predicted molar refractivity (Wildman–Crippen MR) is 107 cm³/mol. The first-order valence-electron chi connectivity index (χ1n) is 8.96. The van der Waals surface area contributed by atoms with Crippen molar-refractivity contribution in [1.82, 2.24) is 19.9 Å². The van der Waals surface area contributed by atoms with Crippen LogP contribution < -0.4 is 0 Å². The van der Waals surface area contributed by atoms with E-state index in [1.165, 1.54) is 5.56 Å². The van der Waals surface area contributed by atoms with E-state index in [4.69, 9.17) is 23.2 Å². The van der Waals surface area contributed by atoms with Gasteiger partial charge in [-0.25, -0.2) is 4.68 Å². The zero-order chi connectivity index (χ0) is 18.8. The molecule has 27 heavy (non-hydrogen) atoms. The number of benzene rings is 2. The molecule has 1 N–H and O–H groups in total. The van der Waals surface area contributed by atoms with Crippen LogP contribution in [0.3, 0.4) is 0 Å². The summed E-state index contributed by atoms with van der Waals surface area (Å²) < 4.78 is 1.72. The number of piperidine rings is 1. The number of aromatic hydroxyl groups is 1. The molecule has 4 rings (SSSR count). The molecule has 0 atom stereocenters. The van der Waals surface area contributed by atoms with Crippen LogP contribution in [0, 0.1) is 0 Å². The molecule has 0 saturated carbocycles. The normalized spacial score (nSPS) is 15.9. The van der Waals surface area contributed by atoms with Crippen LogP contribution >= 0.6 is 23.2 Å². The van der Waals surface area contributed by atoms with Crippen molar-refractivity contribution >= 4 is 23.2 Å². The van der Waals surface area contributed by atoms with E-state index in [0.29, 0.717) is 21.7 Å². The Morgan fingerprint density at radius 2 is 1.85 bits per heavy atom. The second-order valence-corrected chi connectivity index (χ2v) is 7.71. The lowest BCUT2D eigenvalue weighted by Crippen LogP contribution is -2.32. The fourth-order valence-corrected chi connectivity index (χ4v) is 3.85. The molecule has 1 aliphatic rings. The minimum Gasteiger partial charge on any atom is -0.508 e. The molecule has 1 aromatic heterocycles. The number of hydrogen-bond donors (Lipinski definition) is 1. The smallest absolute Gasteiger partial charge is 0.115 e. The number of likely N-dealkylation sites (tertiary alicyclic amines) is 1. The van der Waals surface area contributed by atoms with Crippen molar-refractivity contribution in [2.24, 2.45) is 0 Å². The third-order valence-corrected chi connectivity index (χ3v) is 5.76. The average molecular weight is 403 g/mol. The van der Waals surface area contributed by atoms with Gasteiger partial charge in [0.15, 0.2) is 0 Å². The van der Waals surface area contributed by atoms with E-state index in [1.54, 1.807) is 22.9 Å². The molecular weight excluding hydrogens is 383 g/mol. The predicted octanol–water partition coefficient (Wildman–Crippen LogP) is 4.66. The molecule has 0 amide bonds. The lowest BCUT2D eigenvalue weighted by atomic mass is 9.89. The SMILES string of the molecule is Oc1cccc(C2CCN(Cc3cn(-c4ccc(Cl)c(Cl)c4)nn3)CC2)c1. The van der Waals surface area contributed by atoms with Crippen LogP contribution in [-0.2, 0) is 6.54 Å². The average Bonchev–Trinajstić information content (AvgIpc) is 3.13. The molecule has 1 aliphatic heterocycles. The van der Waals surface area contributed by atoms with Crippen LogP contribution in [-0.4, -0.2) is 38.1 Å². The molecule has 0 aliphatic carbocycles. The molecule has 3 aromatic rings. The minimum absolute atomic E-state index is 0.342. The van der Waals surface area contributed by atoms with Gasteiger partial charge < -0.3 is 5.11 Å². The monoisotopic (exact) mass is 402 g/mol. The molecule has 0 bridgehead atoms. The second kappa shape index (κ2) is 7.89. The molecule has 2 aromatic carbocycles. The Balaban J connectivity index is 1.37. The Labute approximate surface area is 168 Å². The van der Waals surface area contributed by atoms with Gasteiger partial charge in [0.1, 0.15) is 5.75 Å². The van der Waals surface area contributed by atoms with Gasteiger partial charge in [0, 0.05) is 6.54 Å². The molecule has 2 heterocycles.